The first-order valence-electron chi connectivity index (χ1n) is 8.83. The second-order valence-corrected chi connectivity index (χ2v) is 10.1. The summed E-state index contributed by atoms with van der Waals surface area (Å²) in [4.78, 5) is 6.51. The maximum absolute atomic E-state index is 12.5. The highest BCUT2D eigenvalue weighted by Gasteiger charge is 2.29. The van der Waals surface area contributed by atoms with Gasteiger partial charge in [0.15, 0.2) is 9.84 Å². The molecule has 0 unspecified atom stereocenters. The Morgan fingerprint density at radius 2 is 1.96 bits per heavy atom. The van der Waals surface area contributed by atoms with Crippen molar-refractivity contribution in [1.82, 2.24) is 9.88 Å². The summed E-state index contributed by atoms with van der Waals surface area (Å²) in [7, 11) is -3.49. The van der Waals surface area contributed by atoms with Gasteiger partial charge in [-0.2, -0.15) is 0 Å². The predicted molar refractivity (Wildman–Crippen MR) is 111 cm³/mol. The lowest BCUT2D eigenvalue weighted by Crippen LogP contribution is -2.53. The number of hydrogen-bond acceptors (Lipinski definition) is 6. The minimum Gasteiger partial charge on any atom is -0.486 e. The summed E-state index contributed by atoms with van der Waals surface area (Å²) in [5.74, 6) is 0.386. The Morgan fingerprint density at radius 1 is 1.18 bits per heavy atom. The fourth-order valence-corrected chi connectivity index (χ4v) is 5.66. The second-order valence-electron chi connectivity index (χ2n) is 6.70. The summed E-state index contributed by atoms with van der Waals surface area (Å²) in [5.41, 5.74) is 1.27. The first kappa shape index (κ1) is 19.4. The molecule has 0 bridgehead atoms. The van der Waals surface area contributed by atoms with Crippen molar-refractivity contribution in [3.05, 3.63) is 75.7 Å². The van der Waals surface area contributed by atoms with Gasteiger partial charge in [-0.1, -0.05) is 41.9 Å². The summed E-state index contributed by atoms with van der Waals surface area (Å²) in [6, 6.07) is 14.9. The van der Waals surface area contributed by atoms with Crippen molar-refractivity contribution in [2.75, 3.05) is 13.1 Å². The highest BCUT2D eigenvalue weighted by molar-refractivity contribution is 7.90. The highest BCUT2D eigenvalue weighted by Crippen LogP contribution is 2.31. The van der Waals surface area contributed by atoms with Crippen LogP contribution in [0.4, 0.5) is 0 Å². The normalized spacial score (nSPS) is 15.3. The Labute approximate surface area is 173 Å². The number of likely N-dealkylation sites (tertiary alicyclic amines) is 1. The van der Waals surface area contributed by atoms with Crippen LogP contribution in [0.3, 0.4) is 0 Å². The van der Waals surface area contributed by atoms with Gasteiger partial charge in [0.1, 0.15) is 22.6 Å². The number of rotatable bonds is 7. The highest BCUT2D eigenvalue weighted by atomic mass is 35.5. The molecule has 4 rings (SSSR count). The molecule has 1 aliphatic heterocycles. The topological polar surface area (TPSA) is 59.5 Å². The zero-order chi connectivity index (χ0) is 19.6. The third-order valence-electron chi connectivity index (χ3n) is 4.53. The Hall–Kier alpha value is -1.93. The van der Waals surface area contributed by atoms with E-state index in [0.717, 1.165) is 19.6 Å². The molecule has 3 aromatic rings. The van der Waals surface area contributed by atoms with Gasteiger partial charge in [0.2, 0.25) is 0 Å². The molecule has 0 aliphatic carbocycles. The molecular weight excluding hydrogens is 416 g/mol. The average molecular weight is 435 g/mol. The quantitative estimate of drug-likeness (QED) is 0.561. The minimum atomic E-state index is -3.49. The van der Waals surface area contributed by atoms with Gasteiger partial charge < -0.3 is 4.74 Å². The van der Waals surface area contributed by atoms with Gasteiger partial charge in [0, 0.05) is 31.2 Å². The van der Waals surface area contributed by atoms with E-state index >= 15 is 0 Å². The Bertz CT molecular complexity index is 1030. The zero-order valence-electron chi connectivity index (χ0n) is 15.0. The van der Waals surface area contributed by atoms with E-state index < -0.39 is 9.84 Å². The maximum Gasteiger partial charge on any atom is 0.184 e. The standard InChI is InChI=1S/C20H19ClN2O3S2/c21-18-10-17(28(24,25)14-20-22-8-9-27-20)6-7-19(18)26-16-12-23(13-16)11-15-4-2-1-3-5-15/h1-10,16H,11-14H2. The van der Waals surface area contributed by atoms with Gasteiger partial charge in [-0.25, -0.2) is 13.4 Å². The Balaban J connectivity index is 1.35. The molecule has 146 valence electrons. The Kier molecular flexibility index (Phi) is 5.68. The lowest BCUT2D eigenvalue weighted by atomic mass is 10.1. The third-order valence-corrected chi connectivity index (χ3v) is 7.41. The van der Waals surface area contributed by atoms with Gasteiger partial charge in [0.05, 0.1) is 9.92 Å². The molecule has 8 heteroatoms. The van der Waals surface area contributed by atoms with Crippen LogP contribution in [0.25, 0.3) is 0 Å². The van der Waals surface area contributed by atoms with Crippen molar-refractivity contribution in [2.24, 2.45) is 0 Å². The molecule has 28 heavy (non-hydrogen) atoms. The van der Waals surface area contributed by atoms with Gasteiger partial charge in [-0.05, 0) is 23.8 Å². The van der Waals surface area contributed by atoms with E-state index in [1.807, 2.05) is 18.2 Å². The molecule has 0 amide bonds. The van der Waals surface area contributed by atoms with Crippen LogP contribution >= 0.6 is 22.9 Å². The van der Waals surface area contributed by atoms with Crippen molar-refractivity contribution in [3.63, 3.8) is 0 Å². The van der Waals surface area contributed by atoms with Crippen LogP contribution in [-0.2, 0) is 22.1 Å². The molecule has 0 N–H and O–H groups in total. The SMILES string of the molecule is O=S(=O)(Cc1nccs1)c1ccc(OC2CN(Cc3ccccc3)C2)c(Cl)c1. The largest absolute Gasteiger partial charge is 0.486 e. The molecule has 1 fully saturated rings. The van der Waals surface area contributed by atoms with E-state index in [4.69, 9.17) is 16.3 Å². The maximum atomic E-state index is 12.5. The number of sulfone groups is 1. The van der Waals surface area contributed by atoms with E-state index in [9.17, 15) is 8.42 Å². The number of thiazole rings is 1. The number of aromatic nitrogens is 1. The van der Waals surface area contributed by atoms with Crippen molar-refractivity contribution < 1.29 is 13.2 Å². The van der Waals surface area contributed by atoms with E-state index in [0.29, 0.717) is 15.8 Å². The fourth-order valence-electron chi connectivity index (χ4n) is 3.09. The van der Waals surface area contributed by atoms with Gasteiger partial charge in [-0.15, -0.1) is 11.3 Å². The molecule has 5 nitrogen and oxygen atoms in total. The molecule has 0 radical (unpaired) electrons. The molecule has 2 heterocycles. The molecule has 0 spiro atoms. The summed E-state index contributed by atoms with van der Waals surface area (Å²) < 4.78 is 31.0. The van der Waals surface area contributed by atoms with Crippen LogP contribution in [0.5, 0.6) is 5.75 Å². The number of hydrogen-bond donors (Lipinski definition) is 0. The fraction of sp³-hybridized carbons (Fsp3) is 0.250. The zero-order valence-corrected chi connectivity index (χ0v) is 17.4. The second kappa shape index (κ2) is 8.21. The van der Waals surface area contributed by atoms with Crippen molar-refractivity contribution in [2.45, 2.75) is 23.3 Å². The first-order valence-corrected chi connectivity index (χ1v) is 11.7. The summed E-state index contributed by atoms with van der Waals surface area (Å²) in [6.07, 6.45) is 1.65. The Morgan fingerprint density at radius 3 is 2.64 bits per heavy atom. The van der Waals surface area contributed by atoms with E-state index in [-0.39, 0.29) is 16.8 Å². The first-order chi connectivity index (χ1) is 13.5. The third kappa shape index (κ3) is 4.55. The molecule has 1 saturated heterocycles. The van der Waals surface area contributed by atoms with E-state index in [1.165, 1.54) is 23.0 Å². The van der Waals surface area contributed by atoms with Crippen molar-refractivity contribution in [1.29, 1.82) is 0 Å². The van der Waals surface area contributed by atoms with Gasteiger partial charge in [-0.3, -0.25) is 4.90 Å². The minimum absolute atomic E-state index is 0.0546. The van der Waals surface area contributed by atoms with Crippen LogP contribution in [0, 0.1) is 0 Å². The molecule has 2 aromatic carbocycles. The number of benzene rings is 2. The van der Waals surface area contributed by atoms with E-state index in [1.54, 1.807) is 23.7 Å². The monoisotopic (exact) mass is 434 g/mol. The predicted octanol–water partition coefficient (Wildman–Crippen LogP) is 4.03. The summed E-state index contributed by atoms with van der Waals surface area (Å²) in [6.45, 7) is 2.52. The van der Waals surface area contributed by atoms with Crippen molar-refractivity contribution >= 4 is 32.8 Å². The number of ether oxygens (including phenoxy) is 1. The van der Waals surface area contributed by atoms with Crippen LogP contribution in [0.2, 0.25) is 5.02 Å². The molecule has 0 saturated carbocycles. The molecular formula is C20H19ClN2O3S2. The lowest BCUT2D eigenvalue weighted by molar-refractivity contribution is 0.0146. The van der Waals surface area contributed by atoms with Crippen molar-refractivity contribution in [3.8, 4) is 5.75 Å². The lowest BCUT2D eigenvalue weighted by Gasteiger charge is -2.39. The number of nitrogens with zero attached hydrogens (tertiary/aromatic N) is 2. The smallest absolute Gasteiger partial charge is 0.184 e. The van der Waals surface area contributed by atoms with Gasteiger partial charge in [0.25, 0.3) is 0 Å². The van der Waals surface area contributed by atoms with Gasteiger partial charge >= 0.3 is 0 Å². The average Bonchev–Trinajstić information content (AvgIpc) is 3.14. The molecule has 1 aromatic heterocycles. The molecule has 1 aliphatic rings. The summed E-state index contributed by atoms with van der Waals surface area (Å²) >= 11 is 7.61. The number of halogens is 1. The van der Waals surface area contributed by atoms with Crippen LogP contribution in [0.1, 0.15) is 10.6 Å². The van der Waals surface area contributed by atoms with Crippen LogP contribution in [0.15, 0.2) is 65.0 Å². The molecule has 0 atom stereocenters. The summed E-state index contributed by atoms with van der Waals surface area (Å²) in [5, 5.41) is 2.63. The van der Waals surface area contributed by atoms with E-state index in [2.05, 4.69) is 22.0 Å². The van der Waals surface area contributed by atoms with Crippen LogP contribution in [-0.4, -0.2) is 37.5 Å². The van der Waals surface area contributed by atoms with Crippen LogP contribution < -0.4 is 4.74 Å².